The molecule has 89 valence electrons. The van der Waals surface area contributed by atoms with Crippen molar-refractivity contribution in [3.63, 3.8) is 0 Å². The van der Waals surface area contributed by atoms with Crippen LogP contribution in [0.1, 0.15) is 33.1 Å². The van der Waals surface area contributed by atoms with Gasteiger partial charge in [0.05, 0.1) is 0 Å². The van der Waals surface area contributed by atoms with Gasteiger partial charge in [0.25, 0.3) is 0 Å². The van der Waals surface area contributed by atoms with Gasteiger partial charge in [0.1, 0.15) is 0 Å². The third-order valence-electron chi connectivity index (χ3n) is 1.91. The molecule has 1 aliphatic carbocycles. The molecule has 0 bridgehead atoms. The molecule has 2 rings (SSSR count). The van der Waals surface area contributed by atoms with Crippen molar-refractivity contribution in [1.82, 2.24) is 0 Å². The molecule has 1 aromatic carbocycles. The first-order valence-electron chi connectivity index (χ1n) is 6.06. The zero-order valence-corrected chi connectivity index (χ0v) is 11.2. The molecular weight excluding hydrogens is 216 g/mol. The second kappa shape index (κ2) is 8.50. The van der Waals surface area contributed by atoms with Gasteiger partial charge in [-0.25, -0.2) is 0 Å². The number of hydrogen-bond donors (Lipinski definition) is 0. The first-order valence-corrected chi connectivity index (χ1v) is 7.38. The van der Waals surface area contributed by atoms with Crippen LogP contribution >= 0.6 is 0 Å². The summed E-state index contributed by atoms with van der Waals surface area (Å²) in [5.74, 6) is 0. The lowest BCUT2D eigenvalue weighted by molar-refractivity contribution is 0.225. The smallest absolute Gasteiger partial charge is 0.390 e. The van der Waals surface area contributed by atoms with Gasteiger partial charge in [-0.05, 0) is 19.0 Å². The van der Waals surface area contributed by atoms with E-state index < -0.39 is 9.28 Å². The molecule has 1 aliphatic rings. The van der Waals surface area contributed by atoms with Crippen LogP contribution in [0.5, 0.6) is 0 Å². The maximum atomic E-state index is 5.55. The fraction of sp³-hybridized carbons (Fsp3) is 0.538. The fourth-order valence-corrected chi connectivity index (χ4v) is 2.45. The summed E-state index contributed by atoms with van der Waals surface area (Å²) >= 11 is 0. The molecule has 0 heterocycles. The van der Waals surface area contributed by atoms with Crippen molar-refractivity contribution in [2.45, 2.75) is 33.1 Å². The maximum Gasteiger partial charge on any atom is 0.423 e. The monoisotopic (exact) mass is 237 g/mol. The molecule has 0 atom stereocenters. The second-order valence-electron chi connectivity index (χ2n) is 3.58. The average molecular weight is 237 g/mol. The summed E-state index contributed by atoms with van der Waals surface area (Å²) in [7, 11) is -1.22. The predicted molar refractivity (Wildman–Crippen MR) is 68.9 cm³/mol. The molecule has 1 aromatic rings. The van der Waals surface area contributed by atoms with Gasteiger partial charge in [-0.15, -0.1) is 0 Å². The first-order chi connectivity index (χ1) is 7.88. The second-order valence-corrected chi connectivity index (χ2v) is 5.31. The van der Waals surface area contributed by atoms with Crippen LogP contribution in [0.2, 0.25) is 0 Å². The Labute approximate surface area is 100 Å². The highest BCUT2D eigenvalue weighted by molar-refractivity contribution is 6.61. The van der Waals surface area contributed by atoms with Crippen molar-refractivity contribution >= 4 is 14.5 Å². The minimum Gasteiger partial charge on any atom is -0.390 e. The highest BCUT2D eigenvalue weighted by Gasteiger charge is 2.16. The van der Waals surface area contributed by atoms with E-state index in [1.54, 1.807) is 0 Å². The normalized spacial score (nSPS) is 13.2. The van der Waals surface area contributed by atoms with E-state index in [0.29, 0.717) is 13.2 Å². The topological polar surface area (TPSA) is 18.5 Å². The molecule has 3 heteroatoms. The Morgan fingerprint density at radius 3 is 1.81 bits per heavy atom. The Balaban J connectivity index is 0.000000365. The van der Waals surface area contributed by atoms with E-state index in [0.717, 1.165) is 0 Å². The lowest BCUT2D eigenvalue weighted by Crippen LogP contribution is -2.36. The van der Waals surface area contributed by atoms with Crippen molar-refractivity contribution < 1.29 is 8.85 Å². The molecule has 2 nitrogen and oxygen atoms in total. The van der Waals surface area contributed by atoms with Crippen molar-refractivity contribution in [3.8, 4) is 0 Å². The minimum absolute atomic E-state index is 0.711. The van der Waals surface area contributed by atoms with Crippen LogP contribution in [0, 0.1) is 0 Å². The Kier molecular flexibility index (Phi) is 7.13. The summed E-state index contributed by atoms with van der Waals surface area (Å²) in [4.78, 5) is 0. The van der Waals surface area contributed by atoms with Crippen LogP contribution in [0.25, 0.3) is 0 Å². The van der Waals surface area contributed by atoms with Crippen molar-refractivity contribution in [3.05, 3.63) is 30.3 Å². The summed E-state index contributed by atoms with van der Waals surface area (Å²) in [6.07, 6.45) is 4.50. The largest absolute Gasteiger partial charge is 0.423 e. The summed E-state index contributed by atoms with van der Waals surface area (Å²) in [5.41, 5.74) is 0. The summed E-state index contributed by atoms with van der Waals surface area (Å²) in [5, 5.41) is 1.18. The molecule has 0 unspecified atom stereocenters. The summed E-state index contributed by atoms with van der Waals surface area (Å²) in [6.45, 7) is 5.41. The van der Waals surface area contributed by atoms with Crippen LogP contribution in [-0.2, 0) is 8.85 Å². The summed E-state index contributed by atoms with van der Waals surface area (Å²) < 4.78 is 11.1. The molecule has 0 spiro atoms. The van der Waals surface area contributed by atoms with Crippen molar-refractivity contribution in [2.24, 2.45) is 0 Å². The highest BCUT2D eigenvalue weighted by Crippen LogP contribution is 2.14. The number of benzene rings is 1. The summed E-state index contributed by atoms with van der Waals surface area (Å²) in [6, 6.07) is 10.1. The van der Waals surface area contributed by atoms with Crippen molar-refractivity contribution in [1.29, 1.82) is 0 Å². The zero-order chi connectivity index (χ0) is 11.6. The number of hydrogen-bond acceptors (Lipinski definition) is 2. The predicted octanol–water partition coefficient (Wildman–Crippen LogP) is 2.63. The molecule has 1 fully saturated rings. The van der Waals surface area contributed by atoms with Crippen molar-refractivity contribution in [2.75, 3.05) is 13.2 Å². The lowest BCUT2D eigenvalue weighted by atomic mass is 10.4. The average Bonchev–Trinajstić information content (AvgIpc) is 3.18. The SMILES string of the molecule is C1CC1.CCO[Si](OCC)c1ccccc1. The van der Waals surface area contributed by atoms with E-state index in [4.69, 9.17) is 8.85 Å². The van der Waals surface area contributed by atoms with Gasteiger partial charge in [-0.2, -0.15) is 0 Å². The third kappa shape index (κ3) is 6.05. The van der Waals surface area contributed by atoms with Gasteiger partial charge < -0.3 is 8.85 Å². The Hall–Kier alpha value is -0.643. The van der Waals surface area contributed by atoms with Gasteiger partial charge in [0.15, 0.2) is 0 Å². The van der Waals surface area contributed by atoms with Crippen LogP contribution in [0.4, 0.5) is 0 Å². The highest BCUT2D eigenvalue weighted by atomic mass is 28.3. The van der Waals surface area contributed by atoms with E-state index in [1.165, 1.54) is 24.4 Å². The lowest BCUT2D eigenvalue weighted by Gasteiger charge is -2.12. The maximum absolute atomic E-state index is 5.55. The minimum atomic E-state index is -1.22. The van der Waals surface area contributed by atoms with E-state index >= 15 is 0 Å². The quantitative estimate of drug-likeness (QED) is 0.733. The molecule has 0 aromatic heterocycles. The third-order valence-corrected chi connectivity index (χ3v) is 3.82. The fourth-order valence-electron chi connectivity index (χ4n) is 1.04. The van der Waals surface area contributed by atoms with Gasteiger partial charge >= 0.3 is 9.28 Å². The van der Waals surface area contributed by atoms with Gasteiger partial charge in [0, 0.05) is 13.2 Å². The Morgan fingerprint density at radius 2 is 1.44 bits per heavy atom. The first kappa shape index (κ1) is 13.4. The molecule has 16 heavy (non-hydrogen) atoms. The van der Waals surface area contributed by atoms with Crippen LogP contribution < -0.4 is 5.19 Å². The molecule has 1 saturated carbocycles. The molecule has 0 amide bonds. The Bertz CT molecular complexity index is 253. The molecule has 1 radical (unpaired) electrons. The standard InChI is InChI=1S/C10H15O2Si.C3H6/c1-3-11-13(12-4-2)10-8-6-5-7-9-10;1-2-3-1/h5-9H,3-4H2,1-2H3;1-3H2. The molecule has 0 saturated heterocycles. The van der Waals surface area contributed by atoms with Gasteiger partial charge in [-0.3, -0.25) is 0 Å². The van der Waals surface area contributed by atoms with E-state index in [2.05, 4.69) is 12.1 Å². The van der Waals surface area contributed by atoms with E-state index in [9.17, 15) is 0 Å². The van der Waals surface area contributed by atoms with Crippen LogP contribution in [0.15, 0.2) is 30.3 Å². The van der Waals surface area contributed by atoms with Crippen LogP contribution in [-0.4, -0.2) is 22.5 Å². The Morgan fingerprint density at radius 1 is 0.938 bits per heavy atom. The molecule has 0 N–H and O–H groups in total. The van der Waals surface area contributed by atoms with E-state index in [-0.39, 0.29) is 0 Å². The molecule has 0 aliphatic heterocycles. The zero-order valence-electron chi connectivity index (χ0n) is 10.2. The van der Waals surface area contributed by atoms with Crippen LogP contribution in [0.3, 0.4) is 0 Å². The van der Waals surface area contributed by atoms with Gasteiger partial charge in [0.2, 0.25) is 0 Å². The van der Waals surface area contributed by atoms with Gasteiger partial charge in [-0.1, -0.05) is 49.6 Å². The number of rotatable bonds is 5. The van der Waals surface area contributed by atoms with E-state index in [1.807, 2.05) is 32.0 Å². The molecular formula is C13H21O2Si.